The van der Waals surface area contributed by atoms with Crippen LogP contribution in [-0.2, 0) is 4.79 Å². The SMILES string of the molecule is CC1=CCC2(C)C=CC3(C)C(=O)C=C(C(C)C)C3[C@H]2CC1. The van der Waals surface area contributed by atoms with Crippen LogP contribution in [0.3, 0.4) is 0 Å². The molecule has 0 radical (unpaired) electrons. The second kappa shape index (κ2) is 4.69. The van der Waals surface area contributed by atoms with Crippen LogP contribution in [0.25, 0.3) is 0 Å². The lowest BCUT2D eigenvalue weighted by molar-refractivity contribution is -0.123. The standard InChI is InChI=1S/C20H28O/c1-13(2)15-12-17(21)20(5)11-10-19(4)9-8-14(3)6-7-16(19)18(15)20/h8,10-13,16,18H,6-7,9H2,1-5H3/t16-,18?,19?,20?/m1/s1. The maximum Gasteiger partial charge on any atom is 0.165 e. The molecule has 0 amide bonds. The third-order valence-electron chi connectivity index (χ3n) is 6.30. The molecule has 1 nitrogen and oxygen atoms in total. The first-order valence-electron chi connectivity index (χ1n) is 8.40. The molecule has 114 valence electrons. The maximum atomic E-state index is 12.6. The van der Waals surface area contributed by atoms with Gasteiger partial charge in [0.15, 0.2) is 5.78 Å². The van der Waals surface area contributed by atoms with Gasteiger partial charge in [-0.15, -0.1) is 0 Å². The van der Waals surface area contributed by atoms with Crippen LogP contribution in [0, 0.1) is 28.6 Å². The number of carbonyl (C=O) groups excluding carboxylic acids is 1. The largest absolute Gasteiger partial charge is 0.294 e. The van der Waals surface area contributed by atoms with Crippen molar-refractivity contribution >= 4 is 5.78 Å². The third-order valence-corrected chi connectivity index (χ3v) is 6.30. The van der Waals surface area contributed by atoms with E-state index in [9.17, 15) is 4.79 Å². The summed E-state index contributed by atoms with van der Waals surface area (Å²) in [5, 5.41) is 0. The fourth-order valence-electron chi connectivity index (χ4n) is 4.72. The van der Waals surface area contributed by atoms with Gasteiger partial charge in [-0.05, 0) is 56.4 Å². The maximum absolute atomic E-state index is 12.6. The quantitative estimate of drug-likeness (QED) is 0.612. The highest BCUT2D eigenvalue weighted by molar-refractivity contribution is 6.00. The Labute approximate surface area is 129 Å². The third kappa shape index (κ3) is 2.08. The molecule has 0 aliphatic heterocycles. The average Bonchev–Trinajstić information content (AvgIpc) is 2.59. The topological polar surface area (TPSA) is 17.1 Å². The first kappa shape index (κ1) is 14.8. The monoisotopic (exact) mass is 284 g/mol. The lowest BCUT2D eigenvalue weighted by atomic mass is 9.54. The van der Waals surface area contributed by atoms with Crippen LogP contribution in [-0.4, -0.2) is 5.78 Å². The zero-order valence-electron chi connectivity index (χ0n) is 14.1. The van der Waals surface area contributed by atoms with Crippen LogP contribution < -0.4 is 0 Å². The first-order chi connectivity index (χ1) is 9.78. The van der Waals surface area contributed by atoms with E-state index in [0.717, 1.165) is 6.42 Å². The van der Waals surface area contributed by atoms with Gasteiger partial charge in [-0.25, -0.2) is 0 Å². The van der Waals surface area contributed by atoms with E-state index >= 15 is 0 Å². The second-order valence-electron chi connectivity index (χ2n) is 8.16. The van der Waals surface area contributed by atoms with Crippen molar-refractivity contribution in [3.63, 3.8) is 0 Å². The number of allylic oxidation sites excluding steroid dienone is 6. The Morgan fingerprint density at radius 2 is 1.95 bits per heavy atom. The zero-order chi connectivity index (χ0) is 15.4. The Hall–Kier alpha value is -1.11. The van der Waals surface area contributed by atoms with Gasteiger partial charge in [-0.2, -0.15) is 0 Å². The van der Waals surface area contributed by atoms with Crippen molar-refractivity contribution < 1.29 is 4.79 Å². The van der Waals surface area contributed by atoms with E-state index in [0.29, 0.717) is 23.5 Å². The molecule has 0 spiro atoms. The van der Waals surface area contributed by atoms with Gasteiger partial charge < -0.3 is 0 Å². The van der Waals surface area contributed by atoms with Crippen LogP contribution in [0.5, 0.6) is 0 Å². The number of ketones is 1. The normalized spacial score (nSPS) is 42.3. The summed E-state index contributed by atoms with van der Waals surface area (Å²) in [4.78, 5) is 12.6. The molecule has 0 aromatic heterocycles. The van der Waals surface area contributed by atoms with E-state index in [1.807, 2.05) is 6.08 Å². The first-order valence-corrected chi connectivity index (χ1v) is 8.40. The fourth-order valence-corrected chi connectivity index (χ4v) is 4.72. The van der Waals surface area contributed by atoms with Crippen molar-refractivity contribution in [2.75, 3.05) is 0 Å². The smallest absolute Gasteiger partial charge is 0.165 e. The Balaban J connectivity index is 2.09. The highest BCUT2D eigenvalue weighted by Gasteiger charge is 2.55. The molecule has 0 saturated heterocycles. The van der Waals surface area contributed by atoms with Crippen molar-refractivity contribution in [3.05, 3.63) is 35.5 Å². The Kier molecular flexibility index (Phi) is 3.31. The molecule has 0 fully saturated rings. The predicted octanol–water partition coefficient (Wildman–Crippen LogP) is 5.10. The summed E-state index contributed by atoms with van der Waals surface area (Å²) in [7, 11) is 0. The Morgan fingerprint density at radius 3 is 2.62 bits per heavy atom. The molecule has 4 atom stereocenters. The number of carbonyl (C=O) groups is 1. The zero-order valence-corrected chi connectivity index (χ0v) is 14.1. The van der Waals surface area contributed by atoms with Gasteiger partial charge in [-0.3, -0.25) is 4.79 Å². The summed E-state index contributed by atoms with van der Waals surface area (Å²) < 4.78 is 0. The van der Waals surface area contributed by atoms with Gasteiger partial charge in [0, 0.05) is 5.92 Å². The van der Waals surface area contributed by atoms with Crippen LogP contribution in [0.15, 0.2) is 35.5 Å². The molecule has 0 bridgehead atoms. The van der Waals surface area contributed by atoms with E-state index in [4.69, 9.17) is 0 Å². The molecule has 0 N–H and O–H groups in total. The molecule has 3 aliphatic rings. The molecule has 0 heterocycles. The summed E-state index contributed by atoms with van der Waals surface area (Å²) in [6, 6.07) is 0. The van der Waals surface area contributed by atoms with Crippen LogP contribution in [0.1, 0.15) is 53.9 Å². The van der Waals surface area contributed by atoms with Crippen LogP contribution >= 0.6 is 0 Å². The van der Waals surface area contributed by atoms with Gasteiger partial charge in [-0.1, -0.05) is 50.1 Å². The van der Waals surface area contributed by atoms with Crippen molar-refractivity contribution in [1.82, 2.24) is 0 Å². The second-order valence-corrected chi connectivity index (χ2v) is 8.16. The summed E-state index contributed by atoms with van der Waals surface area (Å²) >= 11 is 0. The molecular weight excluding hydrogens is 256 g/mol. The van der Waals surface area contributed by atoms with Crippen molar-refractivity contribution in [2.24, 2.45) is 28.6 Å². The van der Waals surface area contributed by atoms with E-state index in [1.165, 1.54) is 24.0 Å². The average molecular weight is 284 g/mol. The minimum absolute atomic E-state index is 0.209. The van der Waals surface area contributed by atoms with Gasteiger partial charge in [0.1, 0.15) is 0 Å². The number of hydrogen-bond donors (Lipinski definition) is 0. The van der Waals surface area contributed by atoms with Gasteiger partial charge in [0.2, 0.25) is 0 Å². The molecule has 3 unspecified atom stereocenters. The molecule has 3 rings (SSSR count). The minimum atomic E-state index is -0.290. The lowest BCUT2D eigenvalue weighted by Crippen LogP contribution is -2.44. The summed E-state index contributed by atoms with van der Waals surface area (Å²) in [6.07, 6.45) is 12.5. The van der Waals surface area contributed by atoms with E-state index in [1.54, 1.807) is 0 Å². The molecule has 0 saturated carbocycles. The van der Waals surface area contributed by atoms with E-state index in [2.05, 4.69) is 52.8 Å². The highest BCUT2D eigenvalue weighted by Crippen LogP contribution is 2.59. The predicted molar refractivity (Wildman–Crippen MR) is 87.9 cm³/mol. The molecule has 21 heavy (non-hydrogen) atoms. The highest BCUT2D eigenvalue weighted by atomic mass is 16.1. The summed E-state index contributed by atoms with van der Waals surface area (Å²) in [6.45, 7) is 11.3. The Bertz CT molecular complexity index is 562. The lowest BCUT2D eigenvalue weighted by Gasteiger charge is -2.48. The fraction of sp³-hybridized carbons (Fsp3) is 0.650. The Morgan fingerprint density at radius 1 is 1.24 bits per heavy atom. The number of fused-ring (bicyclic) bond motifs is 3. The molecular formula is C20H28O. The molecule has 1 heteroatoms. The van der Waals surface area contributed by atoms with Crippen LogP contribution in [0.2, 0.25) is 0 Å². The van der Waals surface area contributed by atoms with Crippen molar-refractivity contribution in [2.45, 2.75) is 53.9 Å². The summed E-state index contributed by atoms with van der Waals surface area (Å²) in [5.74, 6) is 1.78. The molecule has 0 aromatic rings. The molecule has 0 aromatic carbocycles. The minimum Gasteiger partial charge on any atom is -0.294 e. The van der Waals surface area contributed by atoms with Crippen molar-refractivity contribution in [3.8, 4) is 0 Å². The van der Waals surface area contributed by atoms with Gasteiger partial charge in [0.05, 0.1) is 5.41 Å². The van der Waals surface area contributed by atoms with E-state index < -0.39 is 0 Å². The molecule has 3 aliphatic carbocycles. The van der Waals surface area contributed by atoms with Gasteiger partial charge >= 0.3 is 0 Å². The van der Waals surface area contributed by atoms with Gasteiger partial charge in [0.25, 0.3) is 0 Å². The van der Waals surface area contributed by atoms with E-state index in [-0.39, 0.29) is 10.8 Å². The van der Waals surface area contributed by atoms with Crippen LogP contribution in [0.4, 0.5) is 0 Å². The number of rotatable bonds is 1. The number of hydrogen-bond acceptors (Lipinski definition) is 1. The van der Waals surface area contributed by atoms with Crippen molar-refractivity contribution in [1.29, 1.82) is 0 Å². The summed E-state index contributed by atoms with van der Waals surface area (Å²) in [5.41, 5.74) is 2.82.